The van der Waals surface area contributed by atoms with Crippen molar-refractivity contribution < 1.29 is 13.6 Å². The molecule has 0 bridgehead atoms. The molecule has 108 valence electrons. The highest BCUT2D eigenvalue weighted by atomic mass is 19.3. The fourth-order valence-electron chi connectivity index (χ4n) is 1.77. The van der Waals surface area contributed by atoms with E-state index >= 15 is 0 Å². The molecule has 0 spiro atoms. The van der Waals surface area contributed by atoms with Crippen LogP contribution in [-0.2, 0) is 20.0 Å². The van der Waals surface area contributed by atoms with Gasteiger partial charge in [-0.25, -0.2) is 8.78 Å². The van der Waals surface area contributed by atoms with Crippen LogP contribution in [-0.4, -0.2) is 38.4 Å². The summed E-state index contributed by atoms with van der Waals surface area (Å²) in [4.78, 5) is 11.8. The van der Waals surface area contributed by atoms with Crippen LogP contribution in [0.4, 0.5) is 8.78 Å². The van der Waals surface area contributed by atoms with E-state index in [1.165, 1.54) is 12.3 Å². The number of aromatic nitrogens is 4. The van der Waals surface area contributed by atoms with Crippen LogP contribution in [0.3, 0.4) is 0 Å². The summed E-state index contributed by atoms with van der Waals surface area (Å²) < 4.78 is 27.1. The lowest BCUT2D eigenvalue weighted by Gasteiger charge is -2.04. The number of nitrogens with one attached hydrogen (secondary N) is 1. The summed E-state index contributed by atoms with van der Waals surface area (Å²) >= 11 is 0. The number of carbonyl (C=O) groups excluding carboxylic acids is 1. The average molecular weight is 283 g/mol. The molecule has 2 rings (SSSR count). The average Bonchev–Trinajstić information content (AvgIpc) is 2.98. The van der Waals surface area contributed by atoms with Crippen molar-refractivity contribution in [2.45, 2.75) is 19.4 Å². The van der Waals surface area contributed by atoms with Crippen LogP contribution in [0, 0.1) is 0 Å². The van der Waals surface area contributed by atoms with Crippen LogP contribution >= 0.6 is 0 Å². The van der Waals surface area contributed by atoms with Gasteiger partial charge in [-0.2, -0.15) is 10.2 Å². The Hall–Kier alpha value is -2.25. The van der Waals surface area contributed by atoms with Crippen LogP contribution < -0.4 is 5.32 Å². The zero-order valence-corrected chi connectivity index (χ0v) is 11.0. The molecule has 2 aromatic rings. The molecule has 0 atom stereocenters. The van der Waals surface area contributed by atoms with Crippen molar-refractivity contribution in [3.63, 3.8) is 0 Å². The van der Waals surface area contributed by atoms with Crippen molar-refractivity contribution in [2.24, 2.45) is 7.05 Å². The van der Waals surface area contributed by atoms with Crippen molar-refractivity contribution in [3.8, 4) is 0 Å². The highest BCUT2D eigenvalue weighted by Gasteiger charge is 2.11. The van der Waals surface area contributed by atoms with Crippen molar-refractivity contribution in [3.05, 3.63) is 35.9 Å². The lowest BCUT2D eigenvalue weighted by molar-refractivity contribution is 0.0943. The maximum absolute atomic E-state index is 12.2. The van der Waals surface area contributed by atoms with Gasteiger partial charge < -0.3 is 5.32 Å². The van der Waals surface area contributed by atoms with Gasteiger partial charge >= 0.3 is 0 Å². The molecule has 0 saturated carbocycles. The van der Waals surface area contributed by atoms with E-state index in [1.54, 1.807) is 10.9 Å². The Labute approximate surface area is 114 Å². The minimum Gasteiger partial charge on any atom is -0.350 e. The number of aryl methyl sites for hydroxylation is 1. The van der Waals surface area contributed by atoms with E-state index in [0.29, 0.717) is 13.0 Å². The Morgan fingerprint density at radius 3 is 2.90 bits per heavy atom. The summed E-state index contributed by atoms with van der Waals surface area (Å²) in [6.45, 7) is -0.0810. The molecule has 0 aliphatic heterocycles. The second-order valence-electron chi connectivity index (χ2n) is 4.27. The monoisotopic (exact) mass is 283 g/mol. The minimum absolute atomic E-state index is 0.135. The first-order valence-corrected chi connectivity index (χ1v) is 6.13. The van der Waals surface area contributed by atoms with Crippen LogP contribution in [0.1, 0.15) is 16.2 Å². The zero-order chi connectivity index (χ0) is 14.5. The van der Waals surface area contributed by atoms with E-state index in [0.717, 1.165) is 10.4 Å². The summed E-state index contributed by atoms with van der Waals surface area (Å²) in [7, 11) is 1.82. The molecule has 0 aromatic carbocycles. The van der Waals surface area contributed by atoms with Crippen LogP contribution in [0.25, 0.3) is 0 Å². The number of hydrogen-bond donors (Lipinski definition) is 1. The third-order valence-corrected chi connectivity index (χ3v) is 2.79. The highest BCUT2D eigenvalue weighted by Crippen LogP contribution is 2.01. The number of halogens is 2. The van der Waals surface area contributed by atoms with Gasteiger partial charge in [0.1, 0.15) is 12.2 Å². The van der Waals surface area contributed by atoms with Crippen LogP contribution in [0.5, 0.6) is 0 Å². The molecule has 6 nitrogen and oxygen atoms in total. The number of rotatable bonds is 6. The maximum Gasteiger partial charge on any atom is 0.271 e. The van der Waals surface area contributed by atoms with E-state index in [9.17, 15) is 13.6 Å². The molecule has 0 aliphatic rings. The Morgan fingerprint density at radius 2 is 2.25 bits per heavy atom. The third-order valence-electron chi connectivity index (χ3n) is 2.79. The second kappa shape index (κ2) is 6.27. The first-order valence-electron chi connectivity index (χ1n) is 6.13. The highest BCUT2D eigenvalue weighted by molar-refractivity contribution is 5.92. The van der Waals surface area contributed by atoms with E-state index in [-0.39, 0.29) is 11.6 Å². The summed E-state index contributed by atoms with van der Waals surface area (Å²) in [5.41, 5.74) is 1.13. The normalized spacial score (nSPS) is 11.0. The lowest BCUT2D eigenvalue weighted by Crippen LogP contribution is -2.26. The van der Waals surface area contributed by atoms with Crippen molar-refractivity contribution in [1.82, 2.24) is 24.9 Å². The molecule has 20 heavy (non-hydrogen) atoms. The van der Waals surface area contributed by atoms with E-state index in [4.69, 9.17) is 0 Å². The Kier molecular flexibility index (Phi) is 4.44. The van der Waals surface area contributed by atoms with Crippen molar-refractivity contribution >= 4 is 5.91 Å². The van der Waals surface area contributed by atoms with Gasteiger partial charge in [0, 0.05) is 38.1 Å². The largest absolute Gasteiger partial charge is 0.350 e. The molecule has 1 amide bonds. The van der Waals surface area contributed by atoms with Crippen LogP contribution in [0.2, 0.25) is 0 Å². The molecule has 2 aromatic heterocycles. The third kappa shape index (κ3) is 3.62. The Bertz CT molecular complexity index is 578. The summed E-state index contributed by atoms with van der Waals surface area (Å²) in [5, 5.41) is 10.5. The molecule has 0 saturated heterocycles. The lowest BCUT2D eigenvalue weighted by atomic mass is 10.3. The van der Waals surface area contributed by atoms with Crippen LogP contribution in [0.15, 0.2) is 24.5 Å². The van der Waals surface area contributed by atoms with E-state index < -0.39 is 13.0 Å². The first-order chi connectivity index (χ1) is 9.56. The summed E-state index contributed by atoms with van der Waals surface area (Å²) in [5.74, 6) is -0.375. The number of hydrogen-bond acceptors (Lipinski definition) is 3. The smallest absolute Gasteiger partial charge is 0.271 e. The molecular weight excluding hydrogens is 268 g/mol. The van der Waals surface area contributed by atoms with Crippen molar-refractivity contribution in [1.29, 1.82) is 0 Å². The standard InChI is InChI=1S/C12H15F2N5O/c1-18-9(3-6-16-18)2-5-15-12(20)10-4-7-19(17-10)8-11(13)14/h3-4,6-7,11H,2,5,8H2,1H3,(H,15,20). The predicted octanol–water partition coefficient (Wildman–Crippen LogP) is 0.854. The fourth-order valence-corrected chi connectivity index (χ4v) is 1.77. The molecule has 2 heterocycles. The van der Waals surface area contributed by atoms with Crippen molar-refractivity contribution in [2.75, 3.05) is 6.54 Å². The molecule has 0 fully saturated rings. The van der Waals surface area contributed by atoms with Gasteiger partial charge in [0.15, 0.2) is 0 Å². The molecule has 0 aliphatic carbocycles. The molecule has 1 N–H and O–H groups in total. The second-order valence-corrected chi connectivity index (χ2v) is 4.27. The zero-order valence-electron chi connectivity index (χ0n) is 11.0. The van der Waals surface area contributed by atoms with E-state index in [1.807, 2.05) is 13.1 Å². The SMILES string of the molecule is Cn1nccc1CCNC(=O)c1ccn(CC(F)F)n1. The number of nitrogens with zero attached hydrogens (tertiary/aromatic N) is 4. The Balaban J connectivity index is 1.82. The molecule has 8 heteroatoms. The van der Waals surface area contributed by atoms with Gasteiger partial charge in [0.05, 0.1) is 0 Å². The van der Waals surface area contributed by atoms with Gasteiger partial charge in [-0.1, -0.05) is 0 Å². The van der Waals surface area contributed by atoms with Gasteiger partial charge in [0.25, 0.3) is 12.3 Å². The Morgan fingerprint density at radius 1 is 1.45 bits per heavy atom. The number of amides is 1. The molecule has 0 radical (unpaired) electrons. The summed E-state index contributed by atoms with van der Waals surface area (Å²) in [6.07, 6.45) is 1.20. The topological polar surface area (TPSA) is 64.7 Å². The predicted molar refractivity (Wildman–Crippen MR) is 67.5 cm³/mol. The number of alkyl halides is 2. The fraction of sp³-hybridized carbons (Fsp3) is 0.417. The first kappa shape index (κ1) is 14.2. The van der Waals surface area contributed by atoms with Gasteiger partial charge in [-0.05, 0) is 12.1 Å². The van der Waals surface area contributed by atoms with E-state index in [2.05, 4.69) is 15.5 Å². The molecule has 0 unspecified atom stereocenters. The van der Waals surface area contributed by atoms with Gasteiger partial charge in [-0.3, -0.25) is 14.2 Å². The summed E-state index contributed by atoms with van der Waals surface area (Å²) in [6, 6.07) is 3.28. The quantitative estimate of drug-likeness (QED) is 0.855. The van der Waals surface area contributed by atoms with Gasteiger partial charge in [-0.15, -0.1) is 0 Å². The minimum atomic E-state index is -2.49. The number of carbonyl (C=O) groups is 1. The molecular formula is C12H15F2N5O. The maximum atomic E-state index is 12.2. The van der Waals surface area contributed by atoms with Gasteiger partial charge in [0.2, 0.25) is 0 Å².